The van der Waals surface area contributed by atoms with Crippen molar-refractivity contribution in [1.29, 1.82) is 0 Å². The van der Waals surface area contributed by atoms with Crippen LogP contribution in [0.2, 0.25) is 0 Å². The smallest absolute Gasteiger partial charge is 0.235 e. The zero-order valence-corrected chi connectivity index (χ0v) is 11.3. The van der Waals surface area contributed by atoms with Crippen molar-refractivity contribution in [3.8, 4) is 0 Å². The average molecular weight is 261 g/mol. The van der Waals surface area contributed by atoms with E-state index in [4.69, 9.17) is 11.6 Å². The molecule has 17 heavy (non-hydrogen) atoms. The zero-order chi connectivity index (χ0) is 12.8. The predicted octanol–water partition coefficient (Wildman–Crippen LogP) is 1.38. The highest BCUT2D eigenvalue weighted by Gasteiger charge is 2.23. The van der Waals surface area contributed by atoms with Crippen molar-refractivity contribution in [2.45, 2.75) is 39.2 Å². The summed E-state index contributed by atoms with van der Waals surface area (Å²) in [6.45, 7) is 5.56. The van der Waals surface area contributed by atoms with E-state index in [1.54, 1.807) is 0 Å². The maximum atomic E-state index is 11.8. The Bertz CT molecular complexity index is 274. The number of likely N-dealkylation sites (tertiary alicyclic amines) is 1. The van der Waals surface area contributed by atoms with Gasteiger partial charge in [0.2, 0.25) is 11.8 Å². The average Bonchev–Trinajstić information content (AvgIpc) is 2.28. The fourth-order valence-electron chi connectivity index (χ4n) is 2.02. The molecule has 1 saturated heterocycles. The van der Waals surface area contributed by atoms with Crippen LogP contribution in [0.15, 0.2) is 0 Å². The van der Waals surface area contributed by atoms with Crippen molar-refractivity contribution < 1.29 is 9.59 Å². The first-order valence-electron chi connectivity index (χ1n) is 6.16. The summed E-state index contributed by atoms with van der Waals surface area (Å²) in [7, 11) is 0. The molecule has 98 valence electrons. The molecule has 0 radical (unpaired) electrons. The van der Waals surface area contributed by atoms with Crippen molar-refractivity contribution >= 4 is 23.4 Å². The second kappa shape index (κ2) is 6.84. The lowest BCUT2D eigenvalue weighted by Crippen LogP contribution is -2.47. The van der Waals surface area contributed by atoms with Crippen LogP contribution in [0.4, 0.5) is 0 Å². The van der Waals surface area contributed by atoms with Crippen LogP contribution < -0.4 is 5.32 Å². The lowest BCUT2D eigenvalue weighted by atomic mass is 10.0. The standard InChI is InChI=1S/C12H21ClN2O2/c1-9(2)7-12(17)15-5-3-10(4-6-15)14-11(16)8-13/h9-10H,3-8H2,1-2H3,(H,14,16). The van der Waals surface area contributed by atoms with E-state index in [0.29, 0.717) is 12.3 Å². The van der Waals surface area contributed by atoms with Crippen LogP contribution >= 0.6 is 11.6 Å². The molecule has 1 aliphatic heterocycles. The summed E-state index contributed by atoms with van der Waals surface area (Å²) in [4.78, 5) is 24.8. The van der Waals surface area contributed by atoms with E-state index in [1.165, 1.54) is 0 Å². The van der Waals surface area contributed by atoms with Crippen LogP contribution in [0.25, 0.3) is 0 Å². The Hall–Kier alpha value is -0.770. The maximum absolute atomic E-state index is 11.8. The highest BCUT2D eigenvalue weighted by Crippen LogP contribution is 2.13. The van der Waals surface area contributed by atoms with Crippen LogP contribution in [0.1, 0.15) is 33.1 Å². The van der Waals surface area contributed by atoms with Gasteiger partial charge >= 0.3 is 0 Å². The van der Waals surface area contributed by atoms with Gasteiger partial charge in [0.1, 0.15) is 5.88 Å². The van der Waals surface area contributed by atoms with Gasteiger partial charge in [0.25, 0.3) is 0 Å². The summed E-state index contributed by atoms with van der Waals surface area (Å²) < 4.78 is 0. The van der Waals surface area contributed by atoms with Crippen molar-refractivity contribution in [2.24, 2.45) is 5.92 Å². The van der Waals surface area contributed by atoms with Gasteiger partial charge in [0.15, 0.2) is 0 Å². The Kier molecular flexibility index (Phi) is 5.75. The number of carbonyl (C=O) groups is 2. The number of hydrogen-bond acceptors (Lipinski definition) is 2. The first-order valence-corrected chi connectivity index (χ1v) is 6.69. The minimum Gasteiger partial charge on any atom is -0.352 e. The molecule has 0 atom stereocenters. The molecule has 1 N–H and O–H groups in total. The summed E-state index contributed by atoms with van der Waals surface area (Å²) in [6, 6.07) is 0.171. The molecule has 0 aromatic carbocycles. The van der Waals surface area contributed by atoms with Crippen LogP contribution in [-0.2, 0) is 9.59 Å². The van der Waals surface area contributed by atoms with Crippen LogP contribution in [-0.4, -0.2) is 41.7 Å². The topological polar surface area (TPSA) is 49.4 Å². The molecule has 1 fully saturated rings. The molecule has 0 aromatic rings. The zero-order valence-electron chi connectivity index (χ0n) is 10.5. The second-order valence-electron chi connectivity index (χ2n) is 4.95. The van der Waals surface area contributed by atoms with Crippen LogP contribution in [0, 0.1) is 5.92 Å². The van der Waals surface area contributed by atoms with E-state index in [1.807, 2.05) is 18.7 Å². The number of nitrogens with zero attached hydrogens (tertiary/aromatic N) is 1. The van der Waals surface area contributed by atoms with Crippen molar-refractivity contribution in [3.63, 3.8) is 0 Å². The van der Waals surface area contributed by atoms with Gasteiger partial charge in [-0.2, -0.15) is 0 Å². The molecule has 0 aromatic heterocycles. The van der Waals surface area contributed by atoms with Crippen molar-refractivity contribution in [1.82, 2.24) is 10.2 Å². The van der Waals surface area contributed by atoms with Crippen molar-refractivity contribution in [2.75, 3.05) is 19.0 Å². The van der Waals surface area contributed by atoms with Gasteiger partial charge in [-0.15, -0.1) is 11.6 Å². The van der Waals surface area contributed by atoms with E-state index in [9.17, 15) is 9.59 Å². The normalized spacial score (nSPS) is 17.3. The van der Waals surface area contributed by atoms with Crippen molar-refractivity contribution in [3.05, 3.63) is 0 Å². The molecule has 1 rings (SSSR count). The number of nitrogens with one attached hydrogen (secondary N) is 1. The first-order chi connectivity index (χ1) is 8.02. The predicted molar refractivity (Wildman–Crippen MR) is 67.9 cm³/mol. The third-order valence-electron chi connectivity index (χ3n) is 2.92. The second-order valence-corrected chi connectivity index (χ2v) is 5.22. The number of amides is 2. The molecule has 4 nitrogen and oxygen atoms in total. The largest absolute Gasteiger partial charge is 0.352 e. The fourth-order valence-corrected chi connectivity index (χ4v) is 2.09. The van der Waals surface area contributed by atoms with E-state index < -0.39 is 0 Å². The fraction of sp³-hybridized carbons (Fsp3) is 0.833. The molecule has 0 saturated carbocycles. The Morgan fingerprint density at radius 1 is 1.35 bits per heavy atom. The van der Waals surface area contributed by atoms with Gasteiger partial charge in [-0.1, -0.05) is 13.8 Å². The molecule has 2 amide bonds. The maximum Gasteiger partial charge on any atom is 0.235 e. The van der Waals surface area contributed by atoms with E-state index in [2.05, 4.69) is 5.32 Å². The van der Waals surface area contributed by atoms with Gasteiger partial charge in [-0.3, -0.25) is 9.59 Å². The minimum atomic E-state index is -0.126. The summed E-state index contributed by atoms with van der Waals surface area (Å²) >= 11 is 5.43. The molecule has 0 unspecified atom stereocenters. The summed E-state index contributed by atoms with van der Waals surface area (Å²) in [5, 5.41) is 2.86. The number of halogens is 1. The van der Waals surface area contributed by atoms with E-state index in [-0.39, 0.29) is 23.7 Å². The van der Waals surface area contributed by atoms with Gasteiger partial charge < -0.3 is 10.2 Å². The molecule has 0 bridgehead atoms. The van der Waals surface area contributed by atoms with Gasteiger partial charge in [0, 0.05) is 25.6 Å². The third kappa shape index (κ3) is 4.94. The molecule has 5 heteroatoms. The summed E-state index contributed by atoms with van der Waals surface area (Å²) in [5.74, 6) is 0.504. The number of hydrogen-bond donors (Lipinski definition) is 1. The molecule has 0 aliphatic carbocycles. The minimum absolute atomic E-state index is 0.00644. The summed E-state index contributed by atoms with van der Waals surface area (Å²) in [5.41, 5.74) is 0. The molecular formula is C12H21ClN2O2. The number of alkyl halides is 1. The highest BCUT2D eigenvalue weighted by molar-refractivity contribution is 6.27. The highest BCUT2D eigenvalue weighted by atomic mass is 35.5. The van der Waals surface area contributed by atoms with Gasteiger partial charge in [0.05, 0.1) is 0 Å². The number of carbonyl (C=O) groups excluding carboxylic acids is 2. The molecular weight excluding hydrogens is 240 g/mol. The van der Waals surface area contributed by atoms with E-state index >= 15 is 0 Å². The van der Waals surface area contributed by atoms with E-state index in [0.717, 1.165) is 25.9 Å². The lowest BCUT2D eigenvalue weighted by molar-refractivity contribution is -0.133. The van der Waals surface area contributed by atoms with Gasteiger partial charge in [-0.05, 0) is 18.8 Å². The molecule has 1 heterocycles. The number of rotatable bonds is 4. The van der Waals surface area contributed by atoms with Crippen LogP contribution in [0.3, 0.4) is 0 Å². The Balaban J connectivity index is 2.30. The molecule has 0 spiro atoms. The Morgan fingerprint density at radius 3 is 2.41 bits per heavy atom. The lowest BCUT2D eigenvalue weighted by Gasteiger charge is -2.32. The monoisotopic (exact) mass is 260 g/mol. The third-order valence-corrected chi connectivity index (χ3v) is 3.16. The summed E-state index contributed by atoms with van der Waals surface area (Å²) in [6.07, 6.45) is 2.26. The van der Waals surface area contributed by atoms with Crippen LogP contribution in [0.5, 0.6) is 0 Å². The molecule has 1 aliphatic rings. The number of piperidine rings is 1. The Morgan fingerprint density at radius 2 is 1.94 bits per heavy atom. The van der Waals surface area contributed by atoms with Gasteiger partial charge in [-0.25, -0.2) is 0 Å². The Labute approximate surface area is 108 Å². The quantitative estimate of drug-likeness (QED) is 0.777. The first kappa shape index (κ1) is 14.3. The SMILES string of the molecule is CC(C)CC(=O)N1CCC(NC(=O)CCl)CC1.